The van der Waals surface area contributed by atoms with Gasteiger partial charge in [-0.2, -0.15) is 0 Å². The molecule has 1 aromatic rings. The fourth-order valence-electron chi connectivity index (χ4n) is 2.42. The second-order valence-corrected chi connectivity index (χ2v) is 5.01. The van der Waals surface area contributed by atoms with E-state index in [4.69, 9.17) is 4.74 Å². The fourth-order valence-corrected chi connectivity index (χ4v) is 2.80. The van der Waals surface area contributed by atoms with Crippen molar-refractivity contribution in [3.8, 4) is 5.75 Å². The lowest BCUT2D eigenvalue weighted by atomic mass is 9.89. The number of ether oxygens (including phenoxy) is 1. The van der Waals surface area contributed by atoms with E-state index in [1.165, 1.54) is 17.6 Å². The molecule has 84 valence electrons. The van der Waals surface area contributed by atoms with E-state index in [0.717, 1.165) is 22.8 Å². The number of nitrogens with zero attached hydrogens (tertiary/aromatic N) is 1. The van der Waals surface area contributed by atoms with E-state index in [1.807, 2.05) is 12.3 Å². The summed E-state index contributed by atoms with van der Waals surface area (Å²) < 4.78 is 6.03. The van der Waals surface area contributed by atoms with Gasteiger partial charge in [0, 0.05) is 24.3 Å². The van der Waals surface area contributed by atoms with Crippen molar-refractivity contribution in [2.24, 2.45) is 5.92 Å². The Kier molecular flexibility index (Phi) is 2.48. The summed E-state index contributed by atoms with van der Waals surface area (Å²) in [7, 11) is 1.67. The molecule has 0 bridgehead atoms. The van der Waals surface area contributed by atoms with Crippen molar-refractivity contribution >= 4 is 21.5 Å². The van der Waals surface area contributed by atoms with E-state index < -0.39 is 0 Å². The largest absolute Gasteiger partial charge is 0.494 e. The maximum atomic E-state index is 5.27. The molecule has 3 rings (SSSR count). The summed E-state index contributed by atoms with van der Waals surface area (Å²) in [5.41, 5.74) is 2.54. The van der Waals surface area contributed by atoms with Gasteiger partial charge in [0.05, 0.1) is 7.11 Å². The minimum Gasteiger partial charge on any atom is -0.494 e. The van der Waals surface area contributed by atoms with E-state index in [0.29, 0.717) is 6.04 Å². The van der Waals surface area contributed by atoms with Crippen molar-refractivity contribution in [2.45, 2.75) is 12.5 Å². The predicted octanol–water partition coefficient (Wildman–Crippen LogP) is 2.23. The van der Waals surface area contributed by atoms with E-state index >= 15 is 0 Å². The Balaban J connectivity index is 1.95. The molecule has 1 aliphatic heterocycles. The Morgan fingerprint density at radius 1 is 1.56 bits per heavy atom. The quantitative estimate of drug-likeness (QED) is 0.844. The SMILES string of the molecule is COc1cc(C2=CC[C@H]3CN[C@@H]23)cnc1Br. The summed E-state index contributed by atoms with van der Waals surface area (Å²) >= 11 is 3.37. The Labute approximate surface area is 103 Å². The Bertz CT molecular complexity index is 458. The molecule has 0 amide bonds. The van der Waals surface area contributed by atoms with Crippen LogP contribution in [-0.4, -0.2) is 24.7 Å². The molecule has 4 heteroatoms. The Morgan fingerprint density at radius 3 is 3.06 bits per heavy atom. The molecular formula is C12H13BrN2O. The van der Waals surface area contributed by atoms with Crippen LogP contribution in [0.4, 0.5) is 0 Å². The lowest BCUT2D eigenvalue weighted by Gasteiger charge is -2.34. The smallest absolute Gasteiger partial charge is 0.152 e. The molecule has 0 radical (unpaired) electrons. The Morgan fingerprint density at radius 2 is 2.44 bits per heavy atom. The van der Waals surface area contributed by atoms with Crippen LogP contribution in [0.1, 0.15) is 12.0 Å². The van der Waals surface area contributed by atoms with E-state index in [2.05, 4.69) is 32.3 Å². The molecule has 2 heterocycles. The second-order valence-electron chi connectivity index (χ2n) is 4.26. The predicted molar refractivity (Wildman–Crippen MR) is 66.4 cm³/mol. The van der Waals surface area contributed by atoms with Crippen LogP contribution in [0.5, 0.6) is 5.75 Å². The highest BCUT2D eigenvalue weighted by atomic mass is 79.9. The number of hydrogen-bond donors (Lipinski definition) is 1. The van der Waals surface area contributed by atoms with E-state index in [9.17, 15) is 0 Å². The van der Waals surface area contributed by atoms with Crippen LogP contribution in [0.3, 0.4) is 0 Å². The van der Waals surface area contributed by atoms with Gasteiger partial charge < -0.3 is 10.1 Å². The summed E-state index contributed by atoms with van der Waals surface area (Å²) in [5, 5.41) is 3.46. The summed E-state index contributed by atoms with van der Waals surface area (Å²) in [6, 6.07) is 2.58. The number of pyridine rings is 1. The minimum atomic E-state index is 0.535. The number of halogens is 1. The van der Waals surface area contributed by atoms with Crippen molar-refractivity contribution < 1.29 is 4.74 Å². The first-order chi connectivity index (χ1) is 7.79. The third kappa shape index (κ3) is 1.48. The molecule has 1 N–H and O–H groups in total. The van der Waals surface area contributed by atoms with Gasteiger partial charge in [0.15, 0.2) is 5.75 Å². The van der Waals surface area contributed by atoms with Crippen LogP contribution >= 0.6 is 15.9 Å². The summed E-state index contributed by atoms with van der Waals surface area (Å²) in [5.74, 6) is 1.59. The van der Waals surface area contributed by atoms with Crippen LogP contribution in [0.2, 0.25) is 0 Å². The van der Waals surface area contributed by atoms with Crippen LogP contribution in [-0.2, 0) is 0 Å². The standard InChI is InChI=1S/C12H13BrN2O/c1-16-10-4-8(6-15-12(10)13)9-3-2-7-5-14-11(7)9/h3-4,6-7,11,14H,2,5H2,1H3/t7-,11+/m0/s1. The highest BCUT2D eigenvalue weighted by Gasteiger charge is 2.37. The summed E-state index contributed by atoms with van der Waals surface area (Å²) in [4.78, 5) is 4.30. The average molecular weight is 281 g/mol. The zero-order valence-corrected chi connectivity index (χ0v) is 10.6. The molecule has 1 aliphatic carbocycles. The molecule has 0 unspecified atom stereocenters. The van der Waals surface area contributed by atoms with Crippen molar-refractivity contribution in [2.75, 3.05) is 13.7 Å². The first-order valence-electron chi connectivity index (χ1n) is 5.43. The highest BCUT2D eigenvalue weighted by molar-refractivity contribution is 9.10. The maximum Gasteiger partial charge on any atom is 0.152 e. The van der Waals surface area contributed by atoms with Crippen molar-refractivity contribution in [3.63, 3.8) is 0 Å². The Hall–Kier alpha value is -0.870. The van der Waals surface area contributed by atoms with Gasteiger partial charge in [-0.3, -0.25) is 0 Å². The topological polar surface area (TPSA) is 34.1 Å². The lowest BCUT2D eigenvalue weighted by Crippen LogP contribution is -2.50. The molecule has 0 aromatic carbocycles. The molecule has 3 nitrogen and oxygen atoms in total. The van der Waals surface area contributed by atoms with Gasteiger partial charge in [-0.1, -0.05) is 6.08 Å². The number of methoxy groups -OCH3 is 1. The second kappa shape index (κ2) is 3.86. The zero-order valence-electron chi connectivity index (χ0n) is 9.03. The number of allylic oxidation sites excluding steroid dienone is 1. The molecule has 2 atom stereocenters. The molecule has 2 aliphatic rings. The maximum absolute atomic E-state index is 5.27. The number of fused-ring (bicyclic) bond motifs is 1. The normalized spacial score (nSPS) is 27.0. The van der Waals surface area contributed by atoms with Gasteiger partial charge in [0.25, 0.3) is 0 Å². The number of rotatable bonds is 2. The molecule has 1 aromatic heterocycles. The van der Waals surface area contributed by atoms with Crippen LogP contribution in [0.15, 0.2) is 22.9 Å². The first-order valence-corrected chi connectivity index (χ1v) is 6.22. The summed E-state index contributed by atoms with van der Waals surface area (Å²) in [6.45, 7) is 1.14. The van der Waals surface area contributed by atoms with Gasteiger partial charge in [-0.15, -0.1) is 0 Å². The first kappa shape index (κ1) is 10.3. The van der Waals surface area contributed by atoms with Crippen molar-refractivity contribution in [3.05, 3.63) is 28.5 Å². The van der Waals surface area contributed by atoms with Crippen molar-refractivity contribution in [1.82, 2.24) is 10.3 Å². The highest BCUT2D eigenvalue weighted by Crippen LogP contribution is 2.38. The molecule has 16 heavy (non-hydrogen) atoms. The monoisotopic (exact) mass is 280 g/mol. The van der Waals surface area contributed by atoms with Gasteiger partial charge in [-0.05, 0) is 39.9 Å². The minimum absolute atomic E-state index is 0.535. The molecular weight excluding hydrogens is 268 g/mol. The number of nitrogens with one attached hydrogen (secondary N) is 1. The molecule has 0 spiro atoms. The average Bonchev–Trinajstić information content (AvgIpc) is 2.54. The fraction of sp³-hybridized carbons (Fsp3) is 0.417. The molecule has 1 saturated heterocycles. The van der Waals surface area contributed by atoms with E-state index in [1.54, 1.807) is 7.11 Å². The summed E-state index contributed by atoms with van der Waals surface area (Å²) in [6.07, 6.45) is 5.41. The van der Waals surface area contributed by atoms with Gasteiger partial charge in [0.2, 0.25) is 0 Å². The van der Waals surface area contributed by atoms with Crippen LogP contribution < -0.4 is 10.1 Å². The van der Waals surface area contributed by atoms with Gasteiger partial charge >= 0.3 is 0 Å². The number of aromatic nitrogens is 1. The van der Waals surface area contributed by atoms with Crippen LogP contribution in [0, 0.1) is 5.92 Å². The molecule has 0 saturated carbocycles. The molecule has 1 fully saturated rings. The zero-order chi connectivity index (χ0) is 11.1. The lowest BCUT2D eigenvalue weighted by molar-refractivity contribution is 0.306. The van der Waals surface area contributed by atoms with Crippen molar-refractivity contribution in [1.29, 1.82) is 0 Å². The third-order valence-corrected chi connectivity index (χ3v) is 4.00. The van der Waals surface area contributed by atoms with Crippen LogP contribution in [0.25, 0.3) is 5.57 Å². The van der Waals surface area contributed by atoms with E-state index in [-0.39, 0.29) is 0 Å². The van der Waals surface area contributed by atoms with Gasteiger partial charge in [-0.25, -0.2) is 4.98 Å². The number of hydrogen-bond acceptors (Lipinski definition) is 3. The van der Waals surface area contributed by atoms with Gasteiger partial charge in [0.1, 0.15) is 4.60 Å². The third-order valence-electron chi connectivity index (χ3n) is 3.41.